The SMILES string of the molecule is Cc1ccc(S(=O)(=O)N=C2CCC(Br)CC2CC(N)=O)cc1. The van der Waals surface area contributed by atoms with E-state index in [-0.39, 0.29) is 22.1 Å². The van der Waals surface area contributed by atoms with Crippen LogP contribution < -0.4 is 5.73 Å². The van der Waals surface area contributed by atoms with Crippen molar-refractivity contribution in [1.29, 1.82) is 0 Å². The van der Waals surface area contributed by atoms with Gasteiger partial charge in [0.25, 0.3) is 10.0 Å². The van der Waals surface area contributed by atoms with Gasteiger partial charge in [0.2, 0.25) is 5.91 Å². The number of carbonyl (C=O) groups excluding carboxylic acids is 1. The second-order valence-electron chi connectivity index (χ2n) is 5.61. The number of carbonyl (C=O) groups is 1. The Morgan fingerprint density at radius 3 is 2.59 bits per heavy atom. The van der Waals surface area contributed by atoms with Crippen LogP contribution in [0.15, 0.2) is 33.6 Å². The zero-order chi connectivity index (χ0) is 16.3. The lowest BCUT2D eigenvalue weighted by atomic mass is 9.85. The number of nitrogens with zero attached hydrogens (tertiary/aromatic N) is 1. The van der Waals surface area contributed by atoms with Gasteiger partial charge >= 0.3 is 0 Å². The van der Waals surface area contributed by atoms with E-state index in [1.54, 1.807) is 24.3 Å². The molecule has 7 heteroatoms. The highest BCUT2D eigenvalue weighted by Gasteiger charge is 2.29. The molecular weight excluding hydrogens is 368 g/mol. The minimum absolute atomic E-state index is 0.129. The first-order valence-corrected chi connectivity index (χ1v) is 9.46. The van der Waals surface area contributed by atoms with Crippen molar-refractivity contribution in [3.63, 3.8) is 0 Å². The molecule has 1 saturated carbocycles. The number of hydrogen-bond acceptors (Lipinski definition) is 3. The monoisotopic (exact) mass is 386 g/mol. The van der Waals surface area contributed by atoms with E-state index >= 15 is 0 Å². The van der Waals surface area contributed by atoms with Gasteiger partial charge < -0.3 is 5.73 Å². The van der Waals surface area contributed by atoms with Crippen molar-refractivity contribution in [3.05, 3.63) is 29.8 Å². The maximum absolute atomic E-state index is 12.4. The minimum atomic E-state index is -3.74. The smallest absolute Gasteiger partial charge is 0.282 e. The van der Waals surface area contributed by atoms with Gasteiger partial charge in [-0.3, -0.25) is 4.79 Å². The first kappa shape index (κ1) is 17.1. The van der Waals surface area contributed by atoms with Crippen LogP contribution in [-0.2, 0) is 14.8 Å². The van der Waals surface area contributed by atoms with Crippen molar-refractivity contribution in [2.45, 2.75) is 42.3 Å². The quantitative estimate of drug-likeness (QED) is 0.806. The predicted molar refractivity (Wildman–Crippen MR) is 89.7 cm³/mol. The molecule has 1 fully saturated rings. The summed E-state index contributed by atoms with van der Waals surface area (Å²) in [6.07, 6.45) is 2.16. The molecule has 1 aromatic carbocycles. The van der Waals surface area contributed by atoms with Crippen LogP contribution in [0, 0.1) is 12.8 Å². The van der Waals surface area contributed by atoms with Gasteiger partial charge in [-0.15, -0.1) is 0 Å². The Hall–Kier alpha value is -1.21. The standard InChI is InChI=1S/C15H19BrN2O3S/c1-10-2-5-13(6-3-10)22(20,21)18-14-7-4-12(16)8-11(14)9-15(17)19/h2-3,5-6,11-12H,4,7-9H2,1H3,(H2,17,19). The summed E-state index contributed by atoms with van der Waals surface area (Å²) in [5.41, 5.74) is 6.80. The Labute approximate surface area is 139 Å². The number of rotatable bonds is 4. The normalized spacial score (nSPS) is 24.4. The third kappa shape index (κ3) is 4.39. The minimum Gasteiger partial charge on any atom is -0.370 e. The van der Waals surface area contributed by atoms with E-state index in [0.717, 1.165) is 12.0 Å². The highest BCUT2D eigenvalue weighted by Crippen LogP contribution is 2.30. The highest BCUT2D eigenvalue weighted by molar-refractivity contribution is 9.09. The predicted octanol–water partition coefficient (Wildman–Crippen LogP) is 2.56. The van der Waals surface area contributed by atoms with Crippen LogP contribution in [0.4, 0.5) is 0 Å². The number of hydrogen-bond donors (Lipinski definition) is 1. The Bertz CT molecular complexity index is 683. The first-order valence-electron chi connectivity index (χ1n) is 7.10. The number of benzene rings is 1. The van der Waals surface area contributed by atoms with Gasteiger partial charge in [-0.1, -0.05) is 33.6 Å². The van der Waals surface area contributed by atoms with E-state index in [2.05, 4.69) is 20.3 Å². The third-order valence-corrected chi connectivity index (χ3v) is 5.90. The van der Waals surface area contributed by atoms with Gasteiger partial charge in [0, 0.05) is 22.9 Å². The summed E-state index contributed by atoms with van der Waals surface area (Å²) < 4.78 is 28.8. The molecule has 0 aromatic heterocycles. The van der Waals surface area contributed by atoms with Gasteiger partial charge in [0.1, 0.15) is 0 Å². The van der Waals surface area contributed by atoms with Gasteiger partial charge in [0.05, 0.1) is 4.90 Å². The van der Waals surface area contributed by atoms with Crippen molar-refractivity contribution in [2.24, 2.45) is 16.0 Å². The van der Waals surface area contributed by atoms with Gasteiger partial charge in [-0.25, -0.2) is 0 Å². The molecule has 0 radical (unpaired) electrons. The molecule has 2 N–H and O–H groups in total. The zero-order valence-electron chi connectivity index (χ0n) is 12.3. The molecule has 2 atom stereocenters. The van der Waals surface area contributed by atoms with E-state index in [0.29, 0.717) is 18.6 Å². The Balaban J connectivity index is 2.31. The van der Waals surface area contributed by atoms with E-state index < -0.39 is 15.9 Å². The fourth-order valence-electron chi connectivity index (χ4n) is 2.55. The van der Waals surface area contributed by atoms with Gasteiger partial charge in [0.15, 0.2) is 0 Å². The van der Waals surface area contributed by atoms with Crippen LogP contribution in [-0.4, -0.2) is 24.9 Å². The Morgan fingerprint density at radius 2 is 2.00 bits per heavy atom. The maximum atomic E-state index is 12.4. The van der Waals surface area contributed by atoms with Crippen molar-refractivity contribution < 1.29 is 13.2 Å². The second kappa shape index (κ2) is 6.91. The number of nitrogens with two attached hydrogens (primary N) is 1. The van der Waals surface area contributed by atoms with Crippen LogP contribution in [0.25, 0.3) is 0 Å². The zero-order valence-corrected chi connectivity index (χ0v) is 14.7. The lowest BCUT2D eigenvalue weighted by molar-refractivity contribution is -0.118. The van der Waals surface area contributed by atoms with E-state index in [4.69, 9.17) is 5.73 Å². The van der Waals surface area contributed by atoms with Crippen LogP contribution >= 0.6 is 15.9 Å². The topological polar surface area (TPSA) is 89.6 Å². The fraction of sp³-hybridized carbons (Fsp3) is 0.467. The van der Waals surface area contributed by atoms with E-state index in [1.165, 1.54) is 0 Å². The number of aryl methyl sites for hydroxylation is 1. The summed E-state index contributed by atoms with van der Waals surface area (Å²) >= 11 is 3.52. The third-order valence-electron chi connectivity index (χ3n) is 3.73. The van der Waals surface area contributed by atoms with Crippen LogP contribution in [0.5, 0.6) is 0 Å². The molecule has 0 spiro atoms. The average Bonchev–Trinajstić information content (AvgIpc) is 2.41. The first-order chi connectivity index (χ1) is 10.3. The summed E-state index contributed by atoms with van der Waals surface area (Å²) in [5.74, 6) is -0.650. The summed E-state index contributed by atoms with van der Waals surface area (Å²) in [5, 5.41) is 0. The molecule has 0 aliphatic heterocycles. The largest absolute Gasteiger partial charge is 0.370 e. The summed E-state index contributed by atoms with van der Waals surface area (Å²) in [4.78, 5) is 11.6. The maximum Gasteiger partial charge on any atom is 0.282 e. The number of sulfonamides is 1. The molecular formula is C15H19BrN2O3S. The number of primary amides is 1. The fourth-order valence-corrected chi connectivity index (χ4v) is 4.37. The molecule has 120 valence electrons. The van der Waals surface area contributed by atoms with Crippen molar-refractivity contribution >= 4 is 37.6 Å². The van der Waals surface area contributed by atoms with Crippen molar-refractivity contribution in [2.75, 3.05) is 0 Å². The summed E-state index contributed by atoms with van der Waals surface area (Å²) in [7, 11) is -3.74. The molecule has 0 heterocycles. The molecule has 1 aromatic rings. The molecule has 1 aliphatic carbocycles. The van der Waals surface area contributed by atoms with Crippen LogP contribution in [0.1, 0.15) is 31.2 Å². The molecule has 22 heavy (non-hydrogen) atoms. The number of alkyl halides is 1. The molecule has 2 rings (SSSR count). The Kier molecular flexibility index (Phi) is 5.39. The second-order valence-corrected chi connectivity index (χ2v) is 8.51. The number of amides is 1. The Morgan fingerprint density at radius 1 is 1.36 bits per heavy atom. The molecule has 0 saturated heterocycles. The molecule has 1 aliphatic rings. The number of halogens is 1. The molecule has 1 amide bonds. The summed E-state index contributed by atoms with van der Waals surface area (Å²) in [6, 6.07) is 6.58. The highest BCUT2D eigenvalue weighted by atomic mass is 79.9. The van der Waals surface area contributed by atoms with Gasteiger partial charge in [-0.2, -0.15) is 12.8 Å². The average molecular weight is 387 g/mol. The lowest BCUT2D eigenvalue weighted by Gasteiger charge is -2.26. The molecule has 0 bridgehead atoms. The van der Waals surface area contributed by atoms with E-state index in [9.17, 15) is 13.2 Å². The summed E-state index contributed by atoms with van der Waals surface area (Å²) in [6.45, 7) is 1.89. The van der Waals surface area contributed by atoms with Crippen molar-refractivity contribution in [1.82, 2.24) is 0 Å². The molecule has 2 unspecified atom stereocenters. The van der Waals surface area contributed by atoms with Crippen molar-refractivity contribution in [3.8, 4) is 0 Å². The molecule has 5 nitrogen and oxygen atoms in total. The lowest BCUT2D eigenvalue weighted by Crippen LogP contribution is -2.30. The van der Waals surface area contributed by atoms with Gasteiger partial charge in [-0.05, 0) is 38.3 Å². The van der Waals surface area contributed by atoms with E-state index in [1.807, 2.05) is 6.92 Å². The van der Waals surface area contributed by atoms with Crippen LogP contribution in [0.3, 0.4) is 0 Å². The van der Waals surface area contributed by atoms with Crippen LogP contribution in [0.2, 0.25) is 0 Å².